The van der Waals surface area contributed by atoms with Crippen LogP contribution in [-0.2, 0) is 7.05 Å². The molecule has 0 radical (unpaired) electrons. The topological polar surface area (TPSA) is 76.2 Å². The van der Waals surface area contributed by atoms with Crippen LogP contribution in [-0.4, -0.2) is 45.8 Å². The zero-order valence-corrected chi connectivity index (χ0v) is 13.4. The van der Waals surface area contributed by atoms with E-state index in [4.69, 9.17) is 0 Å². The van der Waals surface area contributed by atoms with Crippen LogP contribution in [0.15, 0.2) is 0 Å². The number of anilines is 1. The number of likely N-dealkylation sites (N-methyl/N-ethyl adjacent to an activating group) is 1. The van der Waals surface area contributed by atoms with E-state index in [9.17, 15) is 10.1 Å². The Kier molecular flexibility index (Phi) is 4.75. The maximum absolute atomic E-state index is 11.3. The van der Waals surface area contributed by atoms with Crippen molar-refractivity contribution < 1.29 is 4.92 Å². The Labute approximate surface area is 120 Å². The molecule has 0 atom stereocenters. The molecule has 1 aromatic rings. The SMILES string of the molecule is CC(C)c1nn(C)c(NCC(C)(C)N(C)C)c1[N+](=O)[O-]. The Hall–Kier alpha value is -1.63. The van der Waals surface area contributed by atoms with Gasteiger partial charge < -0.3 is 10.2 Å². The van der Waals surface area contributed by atoms with Crippen LogP contribution in [0.25, 0.3) is 0 Å². The molecular formula is C13H25N5O2. The average Bonchev–Trinajstić information content (AvgIpc) is 2.64. The molecular weight excluding hydrogens is 258 g/mol. The summed E-state index contributed by atoms with van der Waals surface area (Å²) in [5.41, 5.74) is 0.482. The van der Waals surface area contributed by atoms with Gasteiger partial charge in [-0.15, -0.1) is 0 Å². The number of rotatable bonds is 6. The van der Waals surface area contributed by atoms with Crippen LogP contribution >= 0.6 is 0 Å². The first-order valence-corrected chi connectivity index (χ1v) is 6.70. The Morgan fingerprint density at radius 3 is 2.40 bits per heavy atom. The third-order valence-corrected chi connectivity index (χ3v) is 3.68. The Morgan fingerprint density at radius 2 is 2.00 bits per heavy atom. The normalized spacial score (nSPS) is 12.2. The van der Waals surface area contributed by atoms with Gasteiger partial charge in [0.05, 0.1) is 4.92 Å². The van der Waals surface area contributed by atoms with E-state index < -0.39 is 0 Å². The number of aromatic nitrogens is 2. The maximum atomic E-state index is 11.3. The van der Waals surface area contributed by atoms with E-state index in [1.54, 1.807) is 11.7 Å². The van der Waals surface area contributed by atoms with Crippen LogP contribution in [0.1, 0.15) is 39.3 Å². The minimum absolute atomic E-state index is 0.0130. The van der Waals surface area contributed by atoms with Gasteiger partial charge in [-0.2, -0.15) is 5.10 Å². The highest BCUT2D eigenvalue weighted by atomic mass is 16.6. The standard InChI is InChI=1S/C13H25N5O2/c1-9(2)10-11(18(19)20)12(17(7)15-10)14-8-13(3,4)16(5)6/h9,14H,8H2,1-7H3. The number of nitro groups is 1. The Morgan fingerprint density at radius 1 is 1.45 bits per heavy atom. The van der Waals surface area contributed by atoms with Crippen molar-refractivity contribution in [3.8, 4) is 0 Å². The van der Waals surface area contributed by atoms with Gasteiger partial charge in [-0.25, -0.2) is 4.68 Å². The first kappa shape index (κ1) is 16.4. The molecule has 0 unspecified atom stereocenters. The second-order valence-corrected chi connectivity index (χ2v) is 6.18. The summed E-state index contributed by atoms with van der Waals surface area (Å²) in [4.78, 5) is 13.0. The molecule has 0 aromatic carbocycles. The van der Waals surface area contributed by atoms with Crippen molar-refractivity contribution in [3.05, 3.63) is 15.8 Å². The van der Waals surface area contributed by atoms with Crippen molar-refractivity contribution in [1.29, 1.82) is 0 Å². The monoisotopic (exact) mass is 283 g/mol. The molecule has 1 N–H and O–H groups in total. The summed E-state index contributed by atoms with van der Waals surface area (Å²) in [5, 5.41) is 18.8. The van der Waals surface area contributed by atoms with Gasteiger partial charge in [-0.3, -0.25) is 10.1 Å². The molecule has 0 saturated heterocycles. The fraction of sp³-hybridized carbons (Fsp3) is 0.769. The highest BCUT2D eigenvalue weighted by Gasteiger charge is 2.30. The predicted molar refractivity (Wildman–Crippen MR) is 80.2 cm³/mol. The van der Waals surface area contributed by atoms with Crippen LogP contribution < -0.4 is 5.32 Å². The molecule has 0 aliphatic carbocycles. The van der Waals surface area contributed by atoms with Crippen LogP contribution in [0.4, 0.5) is 11.5 Å². The van der Waals surface area contributed by atoms with Crippen LogP contribution in [0.2, 0.25) is 0 Å². The Balaban J connectivity index is 3.10. The highest BCUT2D eigenvalue weighted by molar-refractivity contribution is 5.60. The summed E-state index contributed by atoms with van der Waals surface area (Å²) in [5.74, 6) is 0.479. The summed E-state index contributed by atoms with van der Waals surface area (Å²) in [6, 6.07) is 0. The van der Waals surface area contributed by atoms with E-state index in [1.165, 1.54) is 0 Å². The van der Waals surface area contributed by atoms with Gasteiger partial charge in [0.15, 0.2) is 0 Å². The van der Waals surface area contributed by atoms with Crippen molar-refractivity contribution in [1.82, 2.24) is 14.7 Å². The third kappa shape index (κ3) is 3.27. The van der Waals surface area contributed by atoms with Gasteiger partial charge >= 0.3 is 5.69 Å². The summed E-state index contributed by atoms with van der Waals surface area (Å²) >= 11 is 0. The van der Waals surface area contributed by atoms with Gasteiger partial charge in [0.25, 0.3) is 0 Å². The molecule has 1 rings (SSSR count). The van der Waals surface area contributed by atoms with Crippen molar-refractivity contribution in [2.75, 3.05) is 26.0 Å². The third-order valence-electron chi connectivity index (χ3n) is 3.68. The van der Waals surface area contributed by atoms with Crippen molar-refractivity contribution in [2.24, 2.45) is 7.05 Å². The van der Waals surface area contributed by atoms with Gasteiger partial charge in [-0.1, -0.05) is 13.8 Å². The lowest BCUT2D eigenvalue weighted by molar-refractivity contribution is -0.384. The molecule has 1 aromatic heterocycles. The molecule has 0 aliphatic heterocycles. The zero-order valence-electron chi connectivity index (χ0n) is 13.4. The Bertz CT molecular complexity index is 491. The fourth-order valence-electron chi connectivity index (χ4n) is 1.76. The molecule has 0 bridgehead atoms. The summed E-state index contributed by atoms with van der Waals surface area (Å²) in [6.07, 6.45) is 0. The molecule has 7 heteroatoms. The van der Waals surface area contributed by atoms with E-state index >= 15 is 0 Å². The number of hydrogen-bond acceptors (Lipinski definition) is 5. The number of nitrogens with one attached hydrogen (secondary N) is 1. The predicted octanol–water partition coefficient (Wildman–Crippen LogP) is 2.20. The fourth-order valence-corrected chi connectivity index (χ4v) is 1.76. The van der Waals surface area contributed by atoms with Crippen LogP contribution in [0.3, 0.4) is 0 Å². The van der Waals surface area contributed by atoms with Crippen LogP contribution in [0.5, 0.6) is 0 Å². The van der Waals surface area contributed by atoms with Gasteiger partial charge in [0.2, 0.25) is 5.82 Å². The number of nitrogens with zero attached hydrogens (tertiary/aromatic N) is 4. The maximum Gasteiger partial charge on any atom is 0.334 e. The van der Waals surface area contributed by atoms with Crippen molar-refractivity contribution >= 4 is 11.5 Å². The molecule has 1 heterocycles. The van der Waals surface area contributed by atoms with Crippen molar-refractivity contribution in [2.45, 2.75) is 39.2 Å². The number of aryl methyl sites for hydroxylation is 1. The molecule has 20 heavy (non-hydrogen) atoms. The van der Waals surface area contributed by atoms with E-state index in [0.717, 1.165) is 0 Å². The molecule has 0 fully saturated rings. The van der Waals surface area contributed by atoms with E-state index in [1.807, 2.05) is 27.9 Å². The molecule has 0 amide bonds. The smallest absolute Gasteiger partial charge is 0.334 e. The largest absolute Gasteiger partial charge is 0.363 e. The quantitative estimate of drug-likeness (QED) is 0.640. The van der Waals surface area contributed by atoms with Crippen LogP contribution in [0, 0.1) is 10.1 Å². The molecule has 0 aliphatic rings. The first-order valence-electron chi connectivity index (χ1n) is 6.70. The zero-order chi connectivity index (χ0) is 15.7. The minimum Gasteiger partial charge on any atom is -0.363 e. The molecule has 0 spiro atoms. The lowest BCUT2D eigenvalue weighted by atomic mass is 10.0. The lowest BCUT2D eigenvalue weighted by Crippen LogP contribution is -2.44. The molecule has 114 valence electrons. The van der Waals surface area contributed by atoms with E-state index in [-0.39, 0.29) is 22.1 Å². The molecule has 7 nitrogen and oxygen atoms in total. The second-order valence-electron chi connectivity index (χ2n) is 6.18. The van der Waals surface area contributed by atoms with Gasteiger partial charge in [0.1, 0.15) is 5.69 Å². The summed E-state index contributed by atoms with van der Waals surface area (Å²) < 4.78 is 1.55. The number of hydrogen-bond donors (Lipinski definition) is 1. The minimum atomic E-state index is -0.354. The van der Waals surface area contributed by atoms with Gasteiger partial charge in [0, 0.05) is 25.0 Å². The van der Waals surface area contributed by atoms with E-state index in [2.05, 4.69) is 29.2 Å². The lowest BCUT2D eigenvalue weighted by Gasteiger charge is -2.32. The first-order chi connectivity index (χ1) is 9.08. The van der Waals surface area contributed by atoms with Crippen molar-refractivity contribution in [3.63, 3.8) is 0 Å². The van der Waals surface area contributed by atoms with E-state index in [0.29, 0.717) is 18.1 Å². The second kappa shape index (κ2) is 5.78. The summed E-state index contributed by atoms with van der Waals surface area (Å²) in [6.45, 7) is 8.56. The summed E-state index contributed by atoms with van der Waals surface area (Å²) in [7, 11) is 5.70. The molecule has 0 saturated carbocycles. The average molecular weight is 283 g/mol. The highest BCUT2D eigenvalue weighted by Crippen LogP contribution is 2.33. The van der Waals surface area contributed by atoms with Gasteiger partial charge in [-0.05, 0) is 27.9 Å².